The van der Waals surface area contributed by atoms with Gasteiger partial charge in [-0.2, -0.15) is 0 Å². The fraction of sp³-hybridized carbons (Fsp3) is 0.556. The molecule has 1 aliphatic rings. The molecule has 0 saturated heterocycles. The summed E-state index contributed by atoms with van der Waals surface area (Å²) in [5.74, 6) is 1.92. The molecule has 0 bridgehead atoms. The van der Waals surface area contributed by atoms with Crippen molar-refractivity contribution in [2.45, 2.75) is 52.6 Å². The largest absolute Gasteiger partial charge is 0.466 e. The zero-order valence-corrected chi connectivity index (χ0v) is 14.6. The molecule has 0 unspecified atom stereocenters. The van der Waals surface area contributed by atoms with Crippen LogP contribution in [0.5, 0.6) is 0 Å². The zero-order chi connectivity index (χ0) is 17.2. The first-order chi connectivity index (χ1) is 11.4. The van der Waals surface area contributed by atoms with E-state index in [4.69, 9.17) is 4.42 Å². The van der Waals surface area contributed by atoms with E-state index >= 15 is 0 Å². The first kappa shape index (κ1) is 16.6. The summed E-state index contributed by atoms with van der Waals surface area (Å²) in [5.41, 5.74) is 1.25. The van der Waals surface area contributed by atoms with E-state index in [1.165, 1.54) is 0 Å². The van der Waals surface area contributed by atoms with Crippen LogP contribution in [0.4, 0.5) is 4.79 Å². The maximum Gasteiger partial charge on any atom is 0.315 e. The van der Waals surface area contributed by atoms with Gasteiger partial charge in [-0.1, -0.05) is 13.8 Å². The lowest BCUT2D eigenvalue weighted by Gasteiger charge is -2.34. The van der Waals surface area contributed by atoms with Crippen LogP contribution in [-0.4, -0.2) is 22.1 Å². The Kier molecular flexibility index (Phi) is 4.64. The van der Waals surface area contributed by atoms with Crippen LogP contribution in [0.3, 0.4) is 0 Å². The highest BCUT2D eigenvalue weighted by Crippen LogP contribution is 2.41. The van der Waals surface area contributed by atoms with Crippen LogP contribution in [0.25, 0.3) is 0 Å². The summed E-state index contributed by atoms with van der Waals surface area (Å²) in [4.78, 5) is 16.2. The molecule has 2 aromatic heterocycles. The smallest absolute Gasteiger partial charge is 0.315 e. The number of aromatic nitrogens is 2. The van der Waals surface area contributed by atoms with Gasteiger partial charge in [0.2, 0.25) is 0 Å². The minimum atomic E-state index is -0.117. The Bertz CT molecular complexity index is 688. The number of hydrogen-bond donors (Lipinski definition) is 2. The SMILES string of the molecule is Cc1cc2c(o1)CC(C)(C)C[C@H]2NC(=O)NCCCn1ccnc1. The molecule has 0 aliphatic heterocycles. The number of nitrogens with one attached hydrogen (secondary N) is 2. The molecule has 2 aromatic rings. The van der Waals surface area contributed by atoms with Crippen LogP contribution in [0, 0.1) is 12.3 Å². The van der Waals surface area contributed by atoms with Crippen molar-refractivity contribution in [1.29, 1.82) is 0 Å². The maximum absolute atomic E-state index is 12.2. The standard InChI is InChI=1S/C18H26N4O2/c1-13-9-14-15(10-18(2,3)11-16(14)24-13)21-17(23)20-5-4-7-22-8-6-19-12-22/h6,8-9,12,15H,4-5,7,10-11H2,1-3H3,(H2,20,21,23)/t15-/m1/s1. The summed E-state index contributed by atoms with van der Waals surface area (Å²) in [6.07, 6.45) is 8.17. The van der Waals surface area contributed by atoms with Crippen molar-refractivity contribution < 1.29 is 9.21 Å². The Labute approximate surface area is 142 Å². The Morgan fingerprint density at radius 1 is 1.50 bits per heavy atom. The van der Waals surface area contributed by atoms with Gasteiger partial charge >= 0.3 is 6.03 Å². The van der Waals surface area contributed by atoms with Crippen LogP contribution >= 0.6 is 0 Å². The van der Waals surface area contributed by atoms with Gasteiger partial charge in [0.25, 0.3) is 0 Å². The molecule has 130 valence electrons. The van der Waals surface area contributed by atoms with Gasteiger partial charge in [-0.25, -0.2) is 9.78 Å². The van der Waals surface area contributed by atoms with Gasteiger partial charge < -0.3 is 19.6 Å². The van der Waals surface area contributed by atoms with E-state index < -0.39 is 0 Å². The fourth-order valence-corrected chi connectivity index (χ4v) is 3.41. The van der Waals surface area contributed by atoms with E-state index in [-0.39, 0.29) is 17.5 Å². The minimum Gasteiger partial charge on any atom is -0.466 e. The molecule has 1 aliphatic carbocycles. The molecule has 24 heavy (non-hydrogen) atoms. The zero-order valence-electron chi connectivity index (χ0n) is 14.6. The lowest BCUT2D eigenvalue weighted by atomic mass is 9.75. The lowest BCUT2D eigenvalue weighted by Crippen LogP contribution is -2.41. The Morgan fingerprint density at radius 2 is 2.33 bits per heavy atom. The van der Waals surface area contributed by atoms with Crippen LogP contribution in [-0.2, 0) is 13.0 Å². The van der Waals surface area contributed by atoms with Gasteiger partial charge in [-0.3, -0.25) is 0 Å². The first-order valence-electron chi connectivity index (χ1n) is 8.52. The van der Waals surface area contributed by atoms with E-state index in [0.29, 0.717) is 6.54 Å². The number of rotatable bonds is 5. The second kappa shape index (κ2) is 6.71. The predicted octanol–water partition coefficient (Wildman–Crippen LogP) is 3.19. The molecule has 1 atom stereocenters. The second-order valence-corrected chi connectivity index (χ2v) is 7.39. The van der Waals surface area contributed by atoms with Crippen molar-refractivity contribution in [3.05, 3.63) is 41.9 Å². The molecule has 0 saturated carbocycles. The lowest BCUT2D eigenvalue weighted by molar-refractivity contribution is 0.214. The number of fused-ring (bicyclic) bond motifs is 1. The van der Waals surface area contributed by atoms with Crippen molar-refractivity contribution in [2.75, 3.05) is 6.54 Å². The van der Waals surface area contributed by atoms with Gasteiger partial charge in [0.15, 0.2) is 0 Å². The van der Waals surface area contributed by atoms with E-state index in [1.54, 1.807) is 12.5 Å². The van der Waals surface area contributed by atoms with E-state index in [1.807, 2.05) is 17.7 Å². The maximum atomic E-state index is 12.2. The van der Waals surface area contributed by atoms with Gasteiger partial charge in [0.05, 0.1) is 12.4 Å². The van der Waals surface area contributed by atoms with Crippen molar-refractivity contribution in [3.8, 4) is 0 Å². The summed E-state index contributed by atoms with van der Waals surface area (Å²) in [7, 11) is 0. The van der Waals surface area contributed by atoms with E-state index in [0.717, 1.165) is 42.9 Å². The van der Waals surface area contributed by atoms with Gasteiger partial charge in [0, 0.05) is 37.5 Å². The number of aryl methyl sites for hydroxylation is 2. The summed E-state index contributed by atoms with van der Waals surface area (Å²) in [6.45, 7) is 7.87. The highest BCUT2D eigenvalue weighted by molar-refractivity contribution is 5.74. The summed E-state index contributed by atoms with van der Waals surface area (Å²) in [6, 6.07) is 1.94. The number of amides is 2. The normalized spacial score (nSPS) is 18.9. The third kappa shape index (κ3) is 3.99. The van der Waals surface area contributed by atoms with Crippen LogP contribution in [0.15, 0.2) is 29.2 Å². The second-order valence-electron chi connectivity index (χ2n) is 7.39. The third-order valence-corrected chi connectivity index (χ3v) is 4.48. The number of carbonyl (C=O) groups excluding carboxylic acids is 1. The molecule has 0 fully saturated rings. The topological polar surface area (TPSA) is 72.1 Å². The van der Waals surface area contributed by atoms with Crippen LogP contribution < -0.4 is 10.6 Å². The third-order valence-electron chi connectivity index (χ3n) is 4.48. The van der Waals surface area contributed by atoms with Crippen LogP contribution in [0.1, 0.15) is 49.8 Å². The number of hydrogen-bond acceptors (Lipinski definition) is 3. The quantitative estimate of drug-likeness (QED) is 0.827. The van der Waals surface area contributed by atoms with Crippen LogP contribution in [0.2, 0.25) is 0 Å². The Hall–Kier alpha value is -2.24. The molecule has 2 heterocycles. The average Bonchev–Trinajstić information content (AvgIpc) is 3.11. The van der Waals surface area contributed by atoms with Crippen molar-refractivity contribution >= 4 is 6.03 Å². The van der Waals surface area contributed by atoms with Crippen molar-refractivity contribution in [1.82, 2.24) is 20.2 Å². The number of imidazole rings is 1. The molecule has 2 N–H and O–H groups in total. The molecule has 0 radical (unpaired) electrons. The minimum absolute atomic E-state index is 0.00912. The Balaban J connectivity index is 1.52. The van der Waals surface area contributed by atoms with Crippen molar-refractivity contribution in [2.24, 2.45) is 5.41 Å². The highest BCUT2D eigenvalue weighted by atomic mass is 16.3. The van der Waals surface area contributed by atoms with Gasteiger partial charge in [0.1, 0.15) is 11.5 Å². The molecule has 0 spiro atoms. The molecular formula is C18H26N4O2. The van der Waals surface area contributed by atoms with Gasteiger partial charge in [-0.05, 0) is 31.2 Å². The van der Waals surface area contributed by atoms with Gasteiger partial charge in [-0.15, -0.1) is 0 Å². The number of carbonyl (C=O) groups is 1. The number of furan rings is 1. The first-order valence-corrected chi connectivity index (χ1v) is 8.52. The van der Waals surface area contributed by atoms with E-state index in [9.17, 15) is 4.79 Å². The molecule has 6 nitrogen and oxygen atoms in total. The number of urea groups is 1. The summed E-state index contributed by atoms with van der Waals surface area (Å²) in [5, 5.41) is 6.05. The average molecular weight is 330 g/mol. The number of nitrogens with zero attached hydrogens (tertiary/aromatic N) is 2. The Morgan fingerprint density at radius 3 is 3.08 bits per heavy atom. The molecule has 2 amide bonds. The summed E-state index contributed by atoms with van der Waals surface area (Å²) >= 11 is 0. The molecule has 6 heteroatoms. The summed E-state index contributed by atoms with van der Waals surface area (Å²) < 4.78 is 7.82. The van der Waals surface area contributed by atoms with Crippen molar-refractivity contribution in [3.63, 3.8) is 0 Å². The molecule has 0 aromatic carbocycles. The molecule has 3 rings (SSSR count). The van der Waals surface area contributed by atoms with E-state index in [2.05, 4.69) is 35.5 Å². The predicted molar refractivity (Wildman–Crippen MR) is 91.7 cm³/mol. The fourth-order valence-electron chi connectivity index (χ4n) is 3.41. The molecular weight excluding hydrogens is 304 g/mol. The highest BCUT2D eigenvalue weighted by Gasteiger charge is 2.35. The monoisotopic (exact) mass is 330 g/mol.